The average molecular weight is 381 g/mol. The number of amides is 1. The van der Waals surface area contributed by atoms with Gasteiger partial charge >= 0.3 is 0 Å². The predicted octanol–water partition coefficient (Wildman–Crippen LogP) is 1.77. The van der Waals surface area contributed by atoms with Crippen LogP contribution in [0.1, 0.15) is 9.88 Å². The average Bonchev–Trinajstić information content (AvgIpc) is 3.04. The van der Waals surface area contributed by atoms with Crippen molar-refractivity contribution < 1.29 is 4.79 Å². The minimum atomic E-state index is -0.127. The lowest BCUT2D eigenvalue weighted by atomic mass is 9.99. The van der Waals surface area contributed by atoms with Crippen LogP contribution in [0.5, 0.6) is 0 Å². The Bertz CT molecular complexity index is 1010. The van der Waals surface area contributed by atoms with E-state index < -0.39 is 0 Å². The van der Waals surface area contributed by atoms with Crippen LogP contribution in [0.15, 0.2) is 47.7 Å². The lowest BCUT2D eigenvalue weighted by molar-refractivity contribution is -0.137. The van der Waals surface area contributed by atoms with Crippen LogP contribution in [-0.2, 0) is 17.8 Å². The van der Waals surface area contributed by atoms with Gasteiger partial charge in [0, 0.05) is 54.1 Å². The molecule has 0 N–H and O–H groups in total. The summed E-state index contributed by atoms with van der Waals surface area (Å²) in [6.45, 7) is 3.76. The molecule has 3 aromatic heterocycles. The highest BCUT2D eigenvalue weighted by molar-refractivity contribution is 7.11. The highest BCUT2D eigenvalue weighted by Gasteiger charge is 2.31. The Morgan fingerprint density at radius 3 is 2.70 bits per heavy atom. The number of hydrogen-bond acceptors (Lipinski definition) is 6. The Morgan fingerprint density at radius 1 is 1.22 bits per heavy atom. The van der Waals surface area contributed by atoms with Gasteiger partial charge < -0.3 is 4.90 Å². The molecule has 0 spiro atoms. The molecule has 1 fully saturated rings. The summed E-state index contributed by atoms with van der Waals surface area (Å²) in [6, 6.07) is 6.99. The van der Waals surface area contributed by atoms with Crippen molar-refractivity contribution in [1.29, 1.82) is 0 Å². The maximum absolute atomic E-state index is 12.3. The second-order valence-corrected chi connectivity index (χ2v) is 7.98. The number of likely N-dealkylation sites (tertiary alicyclic amines) is 1. The van der Waals surface area contributed by atoms with Gasteiger partial charge in [-0.15, -0.1) is 11.3 Å². The number of rotatable bonds is 5. The molecule has 4 rings (SSSR count). The smallest absolute Gasteiger partial charge is 0.266 e. The SMILES string of the molecule is Cc1ncc(CC(=O)N2CC(Cn3nc(-c4ccncc4)ccc3=O)C2)s1. The number of hydrogen-bond donors (Lipinski definition) is 0. The summed E-state index contributed by atoms with van der Waals surface area (Å²) < 4.78 is 1.49. The number of carbonyl (C=O) groups excluding carboxylic acids is 1. The number of nitrogens with zero attached hydrogens (tertiary/aromatic N) is 5. The van der Waals surface area contributed by atoms with Crippen molar-refractivity contribution in [3.8, 4) is 11.3 Å². The highest BCUT2D eigenvalue weighted by atomic mass is 32.1. The molecule has 0 bridgehead atoms. The highest BCUT2D eigenvalue weighted by Crippen LogP contribution is 2.21. The van der Waals surface area contributed by atoms with E-state index in [1.165, 1.54) is 10.7 Å². The van der Waals surface area contributed by atoms with Crippen LogP contribution in [-0.4, -0.2) is 43.6 Å². The maximum Gasteiger partial charge on any atom is 0.266 e. The van der Waals surface area contributed by atoms with Crippen molar-refractivity contribution in [1.82, 2.24) is 24.6 Å². The molecule has 0 aliphatic carbocycles. The molecule has 1 aliphatic rings. The fourth-order valence-electron chi connectivity index (χ4n) is 3.14. The van der Waals surface area contributed by atoms with E-state index in [0.29, 0.717) is 26.1 Å². The summed E-state index contributed by atoms with van der Waals surface area (Å²) in [6.07, 6.45) is 5.57. The van der Waals surface area contributed by atoms with E-state index in [0.717, 1.165) is 21.1 Å². The molecule has 138 valence electrons. The molecular formula is C19H19N5O2S. The third kappa shape index (κ3) is 3.95. The Morgan fingerprint density at radius 2 is 2.00 bits per heavy atom. The number of thiazole rings is 1. The fourth-order valence-corrected chi connectivity index (χ4v) is 3.92. The zero-order valence-corrected chi connectivity index (χ0v) is 15.7. The Hall–Kier alpha value is -2.87. The number of aryl methyl sites for hydroxylation is 1. The molecule has 0 saturated carbocycles. The van der Waals surface area contributed by atoms with Crippen molar-refractivity contribution in [2.45, 2.75) is 19.9 Å². The van der Waals surface area contributed by atoms with Crippen molar-refractivity contribution in [3.63, 3.8) is 0 Å². The number of carbonyl (C=O) groups is 1. The van der Waals surface area contributed by atoms with E-state index in [1.54, 1.807) is 36.0 Å². The van der Waals surface area contributed by atoms with Gasteiger partial charge in [-0.05, 0) is 25.1 Å². The minimum absolute atomic E-state index is 0.112. The second-order valence-electron chi connectivity index (χ2n) is 6.66. The number of aromatic nitrogens is 4. The predicted molar refractivity (Wildman–Crippen MR) is 102 cm³/mol. The Labute approximate surface area is 160 Å². The zero-order chi connectivity index (χ0) is 18.8. The summed E-state index contributed by atoms with van der Waals surface area (Å²) in [4.78, 5) is 35.5. The summed E-state index contributed by atoms with van der Waals surface area (Å²) >= 11 is 1.55. The standard InChI is InChI=1S/C19H19N5O2S/c1-13-21-9-16(27-13)8-19(26)23-10-14(11-23)12-24-18(25)3-2-17(22-24)15-4-6-20-7-5-15/h2-7,9,14H,8,10-12H2,1H3. The topological polar surface area (TPSA) is 81.0 Å². The van der Waals surface area contributed by atoms with E-state index in [1.807, 2.05) is 24.0 Å². The van der Waals surface area contributed by atoms with Crippen molar-refractivity contribution >= 4 is 17.2 Å². The van der Waals surface area contributed by atoms with Gasteiger partial charge in [-0.25, -0.2) is 9.67 Å². The first-order valence-corrected chi connectivity index (χ1v) is 9.58. The first kappa shape index (κ1) is 17.5. The van der Waals surface area contributed by atoms with Gasteiger partial charge in [0.05, 0.1) is 23.7 Å². The molecule has 0 unspecified atom stereocenters. The summed E-state index contributed by atoms with van der Waals surface area (Å²) in [5, 5.41) is 5.44. The molecule has 4 heterocycles. The van der Waals surface area contributed by atoms with Crippen LogP contribution in [0.2, 0.25) is 0 Å². The third-order valence-electron chi connectivity index (χ3n) is 4.58. The molecule has 3 aromatic rings. The van der Waals surface area contributed by atoms with E-state index in [2.05, 4.69) is 15.1 Å². The summed E-state index contributed by atoms with van der Waals surface area (Å²) in [5.41, 5.74) is 1.53. The van der Waals surface area contributed by atoms with Crippen LogP contribution in [0.3, 0.4) is 0 Å². The summed E-state index contributed by atoms with van der Waals surface area (Å²) in [7, 11) is 0. The summed E-state index contributed by atoms with van der Waals surface area (Å²) in [5.74, 6) is 0.357. The van der Waals surface area contributed by atoms with Gasteiger partial charge in [0.15, 0.2) is 0 Å². The van der Waals surface area contributed by atoms with Gasteiger partial charge in [0.25, 0.3) is 5.56 Å². The monoisotopic (exact) mass is 381 g/mol. The van der Waals surface area contributed by atoms with E-state index >= 15 is 0 Å². The van der Waals surface area contributed by atoms with E-state index in [4.69, 9.17) is 0 Å². The Kier molecular flexibility index (Phi) is 4.81. The first-order chi connectivity index (χ1) is 13.1. The lowest BCUT2D eigenvalue weighted by Gasteiger charge is -2.39. The van der Waals surface area contributed by atoms with E-state index in [9.17, 15) is 9.59 Å². The molecule has 8 heteroatoms. The van der Waals surface area contributed by atoms with Gasteiger partial charge in [-0.3, -0.25) is 14.6 Å². The molecule has 7 nitrogen and oxygen atoms in total. The normalized spacial score (nSPS) is 14.2. The third-order valence-corrected chi connectivity index (χ3v) is 5.49. The quantitative estimate of drug-likeness (QED) is 0.673. The molecule has 27 heavy (non-hydrogen) atoms. The zero-order valence-electron chi connectivity index (χ0n) is 14.9. The number of pyridine rings is 1. The van der Waals surface area contributed by atoms with Crippen LogP contribution < -0.4 is 5.56 Å². The van der Waals surface area contributed by atoms with Crippen LogP contribution in [0, 0.1) is 12.8 Å². The second kappa shape index (κ2) is 7.40. The van der Waals surface area contributed by atoms with Gasteiger partial charge in [-0.1, -0.05) is 0 Å². The van der Waals surface area contributed by atoms with Gasteiger partial charge in [0.2, 0.25) is 5.91 Å². The lowest BCUT2D eigenvalue weighted by Crippen LogP contribution is -2.52. The van der Waals surface area contributed by atoms with Crippen molar-refractivity contribution in [3.05, 3.63) is 63.1 Å². The fraction of sp³-hybridized carbons (Fsp3) is 0.316. The molecule has 1 saturated heterocycles. The van der Waals surface area contributed by atoms with Crippen LogP contribution >= 0.6 is 11.3 Å². The molecule has 0 aromatic carbocycles. The molecule has 0 radical (unpaired) electrons. The van der Waals surface area contributed by atoms with Crippen molar-refractivity contribution in [2.75, 3.05) is 13.1 Å². The van der Waals surface area contributed by atoms with Gasteiger partial charge in [0.1, 0.15) is 0 Å². The van der Waals surface area contributed by atoms with Crippen LogP contribution in [0.25, 0.3) is 11.3 Å². The largest absolute Gasteiger partial charge is 0.342 e. The minimum Gasteiger partial charge on any atom is -0.342 e. The van der Waals surface area contributed by atoms with Crippen LogP contribution in [0.4, 0.5) is 0 Å². The molecule has 1 aliphatic heterocycles. The Balaban J connectivity index is 1.37. The first-order valence-electron chi connectivity index (χ1n) is 8.76. The maximum atomic E-state index is 12.3. The molecular weight excluding hydrogens is 362 g/mol. The molecule has 0 atom stereocenters. The molecule has 1 amide bonds. The van der Waals surface area contributed by atoms with Gasteiger partial charge in [-0.2, -0.15) is 5.10 Å². The van der Waals surface area contributed by atoms with Crippen molar-refractivity contribution in [2.24, 2.45) is 5.92 Å². The van der Waals surface area contributed by atoms with E-state index in [-0.39, 0.29) is 17.4 Å².